The summed E-state index contributed by atoms with van der Waals surface area (Å²) in [6.07, 6.45) is 0. The zero-order valence-corrected chi connectivity index (χ0v) is 13.7. The number of halogens is 3. The summed E-state index contributed by atoms with van der Waals surface area (Å²) in [6.45, 7) is 4.90. The van der Waals surface area contributed by atoms with Crippen LogP contribution in [0.5, 0.6) is 0 Å². The summed E-state index contributed by atoms with van der Waals surface area (Å²) in [6, 6.07) is 11.7. The number of rotatable bonds is 4. The van der Waals surface area contributed by atoms with Crippen LogP contribution in [-0.4, -0.2) is 6.54 Å². The molecule has 0 amide bonds. The monoisotopic (exact) mass is 327 g/mol. The number of aryl methyl sites for hydroxylation is 1. The van der Waals surface area contributed by atoms with Crippen molar-refractivity contribution in [3.8, 4) is 0 Å². The first-order chi connectivity index (χ1) is 9.54. The highest BCUT2D eigenvalue weighted by molar-refractivity contribution is 6.42. The summed E-state index contributed by atoms with van der Waals surface area (Å²) in [5.41, 5.74) is 3.16. The molecule has 0 aliphatic carbocycles. The number of benzene rings is 2. The number of hydrogen-bond donors (Lipinski definition) is 1. The predicted octanol–water partition coefficient (Wildman–Crippen LogP) is 5.65. The van der Waals surface area contributed by atoms with E-state index in [4.69, 9.17) is 34.8 Å². The molecular formula is C16H16Cl3N. The predicted molar refractivity (Wildman–Crippen MR) is 88.2 cm³/mol. The maximum Gasteiger partial charge on any atom is 0.0595 e. The Morgan fingerprint density at radius 3 is 2.45 bits per heavy atom. The van der Waals surface area contributed by atoms with Crippen molar-refractivity contribution in [3.63, 3.8) is 0 Å². The quantitative estimate of drug-likeness (QED) is 0.764. The van der Waals surface area contributed by atoms with Gasteiger partial charge in [-0.1, -0.05) is 66.0 Å². The highest BCUT2D eigenvalue weighted by atomic mass is 35.5. The minimum Gasteiger partial charge on any atom is -0.306 e. The third kappa shape index (κ3) is 3.29. The van der Waals surface area contributed by atoms with Gasteiger partial charge >= 0.3 is 0 Å². The molecule has 0 bridgehead atoms. The molecule has 2 aromatic rings. The lowest BCUT2D eigenvalue weighted by atomic mass is 9.97. The Labute approximate surface area is 134 Å². The van der Waals surface area contributed by atoms with E-state index in [1.165, 1.54) is 0 Å². The highest BCUT2D eigenvalue weighted by Crippen LogP contribution is 2.33. The Morgan fingerprint density at radius 2 is 1.80 bits per heavy atom. The van der Waals surface area contributed by atoms with E-state index < -0.39 is 0 Å². The van der Waals surface area contributed by atoms with Crippen LogP contribution in [0.3, 0.4) is 0 Å². The maximum atomic E-state index is 6.45. The van der Waals surface area contributed by atoms with Gasteiger partial charge in [0.15, 0.2) is 0 Å². The van der Waals surface area contributed by atoms with Crippen LogP contribution in [-0.2, 0) is 0 Å². The van der Waals surface area contributed by atoms with Crippen molar-refractivity contribution in [2.45, 2.75) is 19.9 Å². The summed E-state index contributed by atoms with van der Waals surface area (Å²) in [7, 11) is 0. The van der Waals surface area contributed by atoms with Gasteiger partial charge in [0.05, 0.1) is 16.1 Å². The van der Waals surface area contributed by atoms with Crippen LogP contribution < -0.4 is 5.32 Å². The second-order valence-electron chi connectivity index (χ2n) is 4.64. The fraction of sp³-hybridized carbons (Fsp3) is 0.250. The van der Waals surface area contributed by atoms with Gasteiger partial charge in [-0.2, -0.15) is 0 Å². The van der Waals surface area contributed by atoms with Gasteiger partial charge in [-0.3, -0.25) is 0 Å². The minimum atomic E-state index is 0.00201. The fourth-order valence-electron chi connectivity index (χ4n) is 2.20. The second-order valence-corrected chi connectivity index (χ2v) is 5.83. The summed E-state index contributed by atoms with van der Waals surface area (Å²) in [5.74, 6) is 0. The van der Waals surface area contributed by atoms with Gasteiger partial charge in [-0.25, -0.2) is 0 Å². The van der Waals surface area contributed by atoms with Crippen LogP contribution in [0, 0.1) is 6.92 Å². The van der Waals surface area contributed by atoms with E-state index in [0.717, 1.165) is 28.3 Å². The van der Waals surface area contributed by atoms with Crippen molar-refractivity contribution >= 4 is 34.8 Å². The molecule has 0 aromatic heterocycles. The van der Waals surface area contributed by atoms with Crippen molar-refractivity contribution in [1.29, 1.82) is 0 Å². The van der Waals surface area contributed by atoms with Gasteiger partial charge in [0.2, 0.25) is 0 Å². The molecule has 0 aliphatic heterocycles. The van der Waals surface area contributed by atoms with E-state index in [0.29, 0.717) is 10.0 Å². The molecule has 0 saturated heterocycles. The zero-order chi connectivity index (χ0) is 14.7. The zero-order valence-electron chi connectivity index (χ0n) is 11.4. The van der Waals surface area contributed by atoms with Gasteiger partial charge < -0.3 is 5.32 Å². The van der Waals surface area contributed by atoms with Crippen LogP contribution in [0.15, 0.2) is 36.4 Å². The van der Waals surface area contributed by atoms with Gasteiger partial charge in [0.25, 0.3) is 0 Å². The Bertz CT molecular complexity index is 611. The molecular weight excluding hydrogens is 313 g/mol. The average molecular weight is 329 g/mol. The lowest BCUT2D eigenvalue weighted by Gasteiger charge is -2.21. The Kier molecular flexibility index (Phi) is 5.34. The SMILES string of the molecule is CCNC(c1ccc(Cl)c(Cl)c1)c1cccc(C)c1Cl. The van der Waals surface area contributed by atoms with E-state index in [9.17, 15) is 0 Å². The Balaban J connectivity index is 2.50. The molecule has 0 radical (unpaired) electrons. The topological polar surface area (TPSA) is 12.0 Å². The van der Waals surface area contributed by atoms with Crippen LogP contribution in [0.1, 0.15) is 29.7 Å². The Hall–Kier alpha value is -0.730. The van der Waals surface area contributed by atoms with Crippen molar-refractivity contribution in [2.24, 2.45) is 0 Å². The third-order valence-corrected chi connectivity index (χ3v) is 4.47. The van der Waals surface area contributed by atoms with Crippen molar-refractivity contribution in [3.05, 3.63) is 68.2 Å². The van der Waals surface area contributed by atoms with Crippen LogP contribution in [0.4, 0.5) is 0 Å². The lowest BCUT2D eigenvalue weighted by molar-refractivity contribution is 0.630. The molecule has 4 heteroatoms. The fourth-order valence-corrected chi connectivity index (χ4v) is 2.74. The highest BCUT2D eigenvalue weighted by Gasteiger charge is 2.17. The molecule has 0 heterocycles. The summed E-state index contributed by atoms with van der Waals surface area (Å²) >= 11 is 18.6. The molecule has 1 atom stereocenters. The summed E-state index contributed by atoms with van der Waals surface area (Å²) in [5, 5.41) is 5.33. The number of hydrogen-bond acceptors (Lipinski definition) is 1. The van der Waals surface area contributed by atoms with Gasteiger partial charge in [0.1, 0.15) is 0 Å². The summed E-state index contributed by atoms with van der Waals surface area (Å²) < 4.78 is 0. The molecule has 2 rings (SSSR count). The molecule has 20 heavy (non-hydrogen) atoms. The average Bonchev–Trinajstić information content (AvgIpc) is 2.43. The lowest BCUT2D eigenvalue weighted by Crippen LogP contribution is -2.22. The van der Waals surface area contributed by atoms with Gasteiger partial charge in [-0.15, -0.1) is 0 Å². The molecule has 106 valence electrons. The molecule has 2 aromatic carbocycles. The molecule has 1 nitrogen and oxygen atoms in total. The first-order valence-corrected chi connectivity index (χ1v) is 7.61. The van der Waals surface area contributed by atoms with Gasteiger partial charge in [-0.05, 0) is 42.3 Å². The van der Waals surface area contributed by atoms with E-state index in [2.05, 4.69) is 12.2 Å². The Morgan fingerprint density at radius 1 is 1.05 bits per heavy atom. The van der Waals surface area contributed by atoms with Crippen LogP contribution >= 0.6 is 34.8 Å². The standard InChI is InChI=1S/C16H16Cl3N/c1-3-20-16(11-7-8-13(17)14(18)9-11)12-6-4-5-10(2)15(12)19/h4-9,16,20H,3H2,1-2H3. The first kappa shape index (κ1) is 15.7. The molecule has 1 N–H and O–H groups in total. The van der Waals surface area contributed by atoms with Gasteiger partial charge in [0, 0.05) is 5.02 Å². The molecule has 0 aliphatic rings. The van der Waals surface area contributed by atoms with Crippen LogP contribution in [0.2, 0.25) is 15.1 Å². The third-order valence-electron chi connectivity index (χ3n) is 3.22. The van der Waals surface area contributed by atoms with E-state index in [1.54, 1.807) is 0 Å². The van der Waals surface area contributed by atoms with Crippen LogP contribution in [0.25, 0.3) is 0 Å². The maximum absolute atomic E-state index is 6.45. The van der Waals surface area contributed by atoms with Crippen molar-refractivity contribution < 1.29 is 0 Å². The first-order valence-electron chi connectivity index (χ1n) is 6.48. The normalized spacial score (nSPS) is 12.4. The number of nitrogens with one attached hydrogen (secondary N) is 1. The second kappa shape index (κ2) is 6.82. The summed E-state index contributed by atoms with van der Waals surface area (Å²) in [4.78, 5) is 0. The van der Waals surface area contributed by atoms with E-state index >= 15 is 0 Å². The smallest absolute Gasteiger partial charge is 0.0595 e. The molecule has 0 fully saturated rings. The van der Waals surface area contributed by atoms with E-state index in [-0.39, 0.29) is 6.04 Å². The minimum absolute atomic E-state index is 0.00201. The van der Waals surface area contributed by atoms with E-state index in [1.807, 2.05) is 43.3 Å². The van der Waals surface area contributed by atoms with Crippen molar-refractivity contribution in [2.75, 3.05) is 6.54 Å². The molecule has 0 saturated carbocycles. The molecule has 1 unspecified atom stereocenters. The van der Waals surface area contributed by atoms with Crippen molar-refractivity contribution in [1.82, 2.24) is 5.32 Å². The largest absolute Gasteiger partial charge is 0.306 e. The molecule has 0 spiro atoms.